The summed E-state index contributed by atoms with van der Waals surface area (Å²) in [7, 11) is 0. The van der Waals surface area contributed by atoms with Gasteiger partial charge in [-0.2, -0.15) is 5.10 Å². The molecule has 0 saturated carbocycles. The smallest absolute Gasteiger partial charge is 0.119 e. The summed E-state index contributed by atoms with van der Waals surface area (Å²) in [5.74, 6) is 1.15. The fourth-order valence-corrected chi connectivity index (χ4v) is 6.36. The number of aliphatic imine (C=N–C) groups is 1. The van der Waals surface area contributed by atoms with Gasteiger partial charge in [-0.1, -0.05) is 108 Å². The molecule has 5 N–H and O–H groups in total. The lowest BCUT2D eigenvalue weighted by atomic mass is 10.1. The second-order valence-electron chi connectivity index (χ2n) is 15.2. The van der Waals surface area contributed by atoms with Crippen LogP contribution < -0.4 is 26.9 Å². The molecule has 13 aliphatic rings. The molecule has 0 spiro atoms. The van der Waals surface area contributed by atoms with Crippen LogP contribution in [0.15, 0.2) is 221 Å². The van der Waals surface area contributed by atoms with E-state index in [1.165, 1.54) is 64.2 Å². The number of nitrogens with one attached hydrogen (secondary N) is 5. The van der Waals surface area contributed by atoms with Crippen molar-refractivity contribution < 1.29 is 19.1 Å². The van der Waals surface area contributed by atoms with Gasteiger partial charge in [0.15, 0.2) is 0 Å². The van der Waals surface area contributed by atoms with E-state index < -0.39 is 0 Å². The molecule has 3 aliphatic carbocycles. The Morgan fingerprint density at radius 1 is 0.466 bits per heavy atom. The first-order valence-corrected chi connectivity index (χ1v) is 27.6. The molecule has 0 amide bonds. The highest BCUT2D eigenvalue weighted by Gasteiger charge is 1.88. The van der Waals surface area contributed by atoms with Crippen molar-refractivity contribution in [2.24, 2.45) is 15.2 Å². The lowest BCUT2D eigenvalue weighted by Gasteiger charge is -1.97. The first-order valence-electron chi connectivity index (χ1n) is 25.6. The Morgan fingerprint density at radius 2 is 1.18 bits per heavy atom. The zero-order chi connectivity index (χ0) is 51.6. The zero-order valence-electron chi connectivity index (χ0n) is 43.2. The largest absolute Gasteiger partial charge is 0.497 e. The van der Waals surface area contributed by atoms with Crippen LogP contribution in [0.3, 0.4) is 0 Å². The molecule has 0 aromatic carbocycles. The van der Waals surface area contributed by atoms with Crippen molar-refractivity contribution in [1.29, 1.82) is 0 Å². The van der Waals surface area contributed by atoms with Gasteiger partial charge in [0.05, 0.1) is 31.7 Å². The molecule has 12 nitrogen and oxygen atoms in total. The minimum atomic E-state index is 0.733. The lowest BCUT2D eigenvalue weighted by molar-refractivity contribution is 0.172. The molecule has 0 fully saturated rings. The number of hydroxylamine groups is 1. The Balaban J connectivity index is 0.000000396. The van der Waals surface area contributed by atoms with Crippen molar-refractivity contribution in [1.82, 2.24) is 26.9 Å². The van der Waals surface area contributed by atoms with Crippen LogP contribution in [0.1, 0.15) is 89.9 Å². The standard InChI is InChI=1S/C6H10.C6H8.2C5H6O.2C5H6S.C5H8.2C4H5NO.2C4H7N.2C3H6N2/c6*1-2-4-6-5-3-1;1-2-4-5-3-1;2*1-2-4-6-5-3-1;2*1-2-4-5-3-1;1-2-5-3-4-1;1-2-4-5-3-1/h1-2H,3-6H2;1-4H,5-6H2;2-5H,1H2;1-4H,5H2;2-5H,1H2;1-4H,5H2;1-2H,3-5H2;2-4H,1H2;1-5H;1,3,5H,2,4H2;1-2,5H,3-4H2;3H,1-2H2,(H,4,5);2,5H,1,3H2. The highest BCUT2D eigenvalue weighted by molar-refractivity contribution is 8.04. The Bertz CT molecular complexity index is 1470. The minimum Gasteiger partial charge on any atom is -0.497 e. The van der Waals surface area contributed by atoms with Crippen molar-refractivity contribution in [2.45, 2.75) is 89.9 Å². The van der Waals surface area contributed by atoms with Gasteiger partial charge in [0.25, 0.3) is 0 Å². The van der Waals surface area contributed by atoms with Gasteiger partial charge in [0.2, 0.25) is 0 Å². The molecule has 0 unspecified atom stereocenters. The third-order valence-electron chi connectivity index (χ3n) is 8.96. The monoisotopic (exact) mass is 1030 g/mol. The molecule has 10 aliphatic heterocycles. The number of hydrazone groups is 1. The van der Waals surface area contributed by atoms with E-state index in [-0.39, 0.29) is 0 Å². The predicted molar refractivity (Wildman–Crippen MR) is 320 cm³/mol. The molecule has 0 aromatic heterocycles. The summed E-state index contributed by atoms with van der Waals surface area (Å²) in [5.41, 5.74) is 5.31. The van der Waals surface area contributed by atoms with E-state index in [0.29, 0.717) is 0 Å². The normalized spacial score (nSPS) is 18.7. The molecule has 398 valence electrons. The number of hydrogen-bond donors (Lipinski definition) is 5. The van der Waals surface area contributed by atoms with E-state index in [9.17, 15) is 0 Å². The van der Waals surface area contributed by atoms with Gasteiger partial charge in [0.1, 0.15) is 19.1 Å². The molecule has 10 heterocycles. The summed E-state index contributed by atoms with van der Waals surface area (Å²) in [5, 5.41) is 22.5. The van der Waals surface area contributed by atoms with E-state index in [1.54, 1.807) is 67.9 Å². The van der Waals surface area contributed by atoms with Crippen molar-refractivity contribution in [3.05, 3.63) is 206 Å². The third kappa shape index (κ3) is 59.9. The Labute approximate surface area is 448 Å². The van der Waals surface area contributed by atoms with Crippen LogP contribution in [-0.4, -0.2) is 70.4 Å². The Morgan fingerprint density at radius 3 is 1.36 bits per heavy atom. The van der Waals surface area contributed by atoms with Gasteiger partial charge in [0, 0.05) is 69.9 Å². The van der Waals surface area contributed by atoms with E-state index in [2.05, 4.69) is 159 Å². The molecular weight excluding hydrogens is 949 g/mol. The van der Waals surface area contributed by atoms with Gasteiger partial charge in [-0.3, -0.25) is 4.99 Å². The van der Waals surface area contributed by atoms with Gasteiger partial charge in [-0.15, -0.1) is 23.5 Å². The lowest BCUT2D eigenvalue weighted by Crippen LogP contribution is -2.04. The van der Waals surface area contributed by atoms with Gasteiger partial charge in [-0.05, 0) is 142 Å². The average molecular weight is 1040 g/mol. The number of hydrogen-bond acceptors (Lipinski definition) is 14. The fraction of sp³-hybridized carbons (Fsp3) is 0.373. The van der Waals surface area contributed by atoms with Crippen LogP contribution in [0.2, 0.25) is 0 Å². The second-order valence-corrected chi connectivity index (χ2v) is 17.0. The summed E-state index contributed by atoms with van der Waals surface area (Å²) in [6.07, 6.45) is 84.2. The SMILES string of the molecule is C1=CCCC1.C1=CCCC=C1.C1=CCCCC1.C1=CCNC1.C1=CCOC=C1.C1=CCSC=C1.C1=CNCC1.C1=CNOC=C1.C1=COC=CC1.C1=CON=CC1.C1=CSC=CC1.C1=NCCN1.C1=NNCC1. The number of allylic oxidation sites excluding steroid dienone is 19. The van der Waals surface area contributed by atoms with Crippen molar-refractivity contribution in [3.63, 3.8) is 0 Å². The fourth-order valence-electron chi connectivity index (χ4n) is 5.29. The number of ether oxygens (including phenoxy) is 2. The summed E-state index contributed by atoms with van der Waals surface area (Å²) < 4.78 is 9.51. The van der Waals surface area contributed by atoms with E-state index in [4.69, 9.17) is 9.47 Å². The van der Waals surface area contributed by atoms with Crippen LogP contribution in [0.5, 0.6) is 0 Å². The molecule has 0 aromatic rings. The Kier molecular flexibility index (Phi) is 54.7. The highest BCUT2D eigenvalue weighted by atomic mass is 32.2. The quantitative estimate of drug-likeness (QED) is 0.149. The van der Waals surface area contributed by atoms with Gasteiger partial charge >= 0.3 is 0 Å². The topological polar surface area (TPSA) is 134 Å². The van der Waals surface area contributed by atoms with Crippen LogP contribution in [0, 0.1) is 0 Å². The van der Waals surface area contributed by atoms with Crippen LogP contribution >= 0.6 is 23.5 Å². The van der Waals surface area contributed by atoms with Crippen molar-refractivity contribution in [3.8, 4) is 0 Å². The molecule has 0 bridgehead atoms. The summed E-state index contributed by atoms with van der Waals surface area (Å²) in [6.45, 7) is 7.02. The predicted octanol–water partition coefficient (Wildman–Crippen LogP) is 13.9. The van der Waals surface area contributed by atoms with Gasteiger partial charge < -0.3 is 40.5 Å². The number of nitrogens with zero attached hydrogens (tertiary/aromatic N) is 3. The number of oxime groups is 1. The summed E-state index contributed by atoms with van der Waals surface area (Å²) in [6, 6.07) is 0. The Hall–Kier alpha value is -6.35. The maximum Gasteiger partial charge on any atom is 0.119 e. The van der Waals surface area contributed by atoms with E-state index >= 15 is 0 Å². The van der Waals surface area contributed by atoms with Gasteiger partial charge in [-0.25, -0.2) is 5.48 Å². The molecule has 0 saturated heterocycles. The van der Waals surface area contributed by atoms with Crippen molar-refractivity contribution in [2.75, 3.05) is 51.6 Å². The summed E-state index contributed by atoms with van der Waals surface area (Å²) in [4.78, 5) is 12.9. The highest BCUT2D eigenvalue weighted by Crippen LogP contribution is 2.10. The molecule has 73 heavy (non-hydrogen) atoms. The van der Waals surface area contributed by atoms with Crippen molar-refractivity contribution >= 4 is 42.3 Å². The van der Waals surface area contributed by atoms with Crippen LogP contribution in [-0.2, 0) is 19.1 Å². The third-order valence-corrected chi connectivity index (χ3v) is 10.4. The molecule has 13 rings (SSSR count). The molecule has 0 radical (unpaired) electrons. The van der Waals surface area contributed by atoms with E-state index in [1.807, 2.05) is 72.8 Å². The van der Waals surface area contributed by atoms with E-state index in [0.717, 1.165) is 77.3 Å². The van der Waals surface area contributed by atoms with Crippen LogP contribution in [0.4, 0.5) is 0 Å². The first-order chi connectivity index (χ1) is 36.5. The average Bonchev–Trinajstić information content (AvgIpc) is 4.38. The second kappa shape index (κ2) is 61.8. The molecular formula is C59H86N8O4S2. The minimum absolute atomic E-state index is 0.733. The number of rotatable bonds is 0. The van der Waals surface area contributed by atoms with Crippen LogP contribution in [0.25, 0.3) is 0 Å². The maximum atomic E-state index is 4.80. The zero-order valence-corrected chi connectivity index (χ0v) is 44.8. The maximum absolute atomic E-state index is 4.80. The first kappa shape index (κ1) is 64.7. The molecule has 0 atom stereocenters. The number of thioether (sulfide) groups is 2. The molecule has 14 heteroatoms. The summed E-state index contributed by atoms with van der Waals surface area (Å²) >= 11 is 3.56.